The van der Waals surface area contributed by atoms with Crippen LogP contribution in [0.2, 0.25) is 0 Å². The highest BCUT2D eigenvalue weighted by molar-refractivity contribution is 5.76. The number of rotatable bonds is 12. The number of hydrogen-bond donors (Lipinski definition) is 2. The molecule has 1 aliphatic heterocycles. The zero-order valence-electron chi connectivity index (χ0n) is 22.5. The number of nitrogens with two attached hydrogens (primary N) is 1. The van der Waals surface area contributed by atoms with Crippen molar-refractivity contribution in [1.82, 2.24) is 4.90 Å². The summed E-state index contributed by atoms with van der Waals surface area (Å²) in [7, 11) is 3.14. The maximum absolute atomic E-state index is 12.8. The minimum Gasteiger partial charge on any atom is -0.502 e. The maximum Gasteiger partial charge on any atom is 0.227 e. The molecule has 3 aromatic rings. The summed E-state index contributed by atoms with van der Waals surface area (Å²) in [6, 6.07) is 14.3. The zero-order chi connectivity index (χ0) is 27.8. The van der Waals surface area contributed by atoms with Crippen LogP contribution in [-0.4, -0.2) is 49.8 Å². The molecule has 2 aromatic carbocycles. The molecule has 0 aliphatic carbocycles. The molecule has 1 amide bonds. The number of benzene rings is 2. The average molecular weight is 537 g/mol. The number of hydrogen-bond acceptors (Lipinski definition) is 8. The van der Waals surface area contributed by atoms with E-state index in [1.165, 1.54) is 19.6 Å². The number of amides is 1. The van der Waals surface area contributed by atoms with E-state index in [-0.39, 0.29) is 12.2 Å². The van der Waals surface area contributed by atoms with Crippen molar-refractivity contribution in [2.45, 2.75) is 44.6 Å². The fourth-order valence-corrected chi connectivity index (χ4v) is 4.94. The van der Waals surface area contributed by atoms with Crippen LogP contribution in [0.1, 0.15) is 54.2 Å². The Labute approximate surface area is 228 Å². The van der Waals surface area contributed by atoms with E-state index in [2.05, 4.69) is 4.90 Å². The van der Waals surface area contributed by atoms with Crippen LogP contribution in [0.4, 0.5) is 0 Å². The van der Waals surface area contributed by atoms with E-state index < -0.39 is 23.0 Å². The molecule has 0 spiro atoms. The molecule has 0 bridgehead atoms. The second-order valence-corrected chi connectivity index (χ2v) is 9.67. The third-order valence-electron chi connectivity index (χ3n) is 6.95. The number of nitrogens with zero attached hydrogens (tertiary/aromatic N) is 1. The molecule has 3 N–H and O–H groups in total. The van der Waals surface area contributed by atoms with Crippen LogP contribution < -0.4 is 25.4 Å². The summed E-state index contributed by atoms with van der Waals surface area (Å²) >= 11 is 0. The number of piperidine rings is 1. The lowest BCUT2D eigenvalue weighted by Gasteiger charge is -2.26. The molecule has 1 fully saturated rings. The molecule has 1 aliphatic rings. The van der Waals surface area contributed by atoms with Crippen LogP contribution in [0.15, 0.2) is 57.7 Å². The molecule has 0 saturated carbocycles. The predicted octanol–water partition coefficient (Wildman–Crippen LogP) is 3.98. The van der Waals surface area contributed by atoms with Gasteiger partial charge in [-0.3, -0.25) is 14.5 Å². The van der Waals surface area contributed by atoms with Crippen LogP contribution in [0.5, 0.6) is 23.0 Å². The molecular formula is C30H36N2O7. The third kappa shape index (κ3) is 7.11. The Kier molecular flexibility index (Phi) is 9.49. The van der Waals surface area contributed by atoms with E-state index in [0.29, 0.717) is 42.4 Å². The van der Waals surface area contributed by atoms with Crippen LogP contribution in [0.25, 0.3) is 0 Å². The van der Waals surface area contributed by atoms with Gasteiger partial charge in [0, 0.05) is 24.5 Å². The monoisotopic (exact) mass is 536 g/mol. The zero-order valence-corrected chi connectivity index (χ0v) is 22.5. The predicted molar refractivity (Wildman–Crippen MR) is 147 cm³/mol. The smallest absolute Gasteiger partial charge is 0.227 e. The Morgan fingerprint density at radius 2 is 1.82 bits per heavy atom. The second-order valence-electron chi connectivity index (χ2n) is 9.67. The van der Waals surface area contributed by atoms with E-state index in [4.69, 9.17) is 24.4 Å². The Hall–Kier alpha value is -3.98. The van der Waals surface area contributed by atoms with Gasteiger partial charge in [-0.1, -0.05) is 30.7 Å². The molecule has 0 radical (unpaired) electrons. The van der Waals surface area contributed by atoms with Gasteiger partial charge in [0.2, 0.25) is 17.1 Å². The first-order chi connectivity index (χ1) is 18.9. The minimum atomic E-state index is -0.859. The summed E-state index contributed by atoms with van der Waals surface area (Å²) in [4.78, 5) is 27.2. The van der Waals surface area contributed by atoms with E-state index in [9.17, 15) is 14.7 Å². The first kappa shape index (κ1) is 28.0. The quantitative estimate of drug-likeness (QED) is 0.356. The summed E-state index contributed by atoms with van der Waals surface area (Å²) in [5.41, 5.74) is 6.64. The van der Waals surface area contributed by atoms with Crippen molar-refractivity contribution in [3.05, 3.63) is 81.4 Å². The minimum absolute atomic E-state index is 0.0124. The van der Waals surface area contributed by atoms with Crippen LogP contribution in [0, 0.1) is 0 Å². The van der Waals surface area contributed by atoms with Crippen molar-refractivity contribution < 1.29 is 28.5 Å². The molecule has 9 heteroatoms. The number of ether oxygens (including phenoxy) is 3. The summed E-state index contributed by atoms with van der Waals surface area (Å²) in [5, 5.41) is 10.8. The maximum atomic E-state index is 12.8. The molecule has 9 nitrogen and oxygen atoms in total. The number of carbonyl (C=O) groups is 1. The SMILES string of the molecule is COc1ccc(CCOc2c(OC)cccc2[C@@H](CC(N)=O)c2oc(CN3CCCCC3)cc(=O)c2O)cc1. The highest BCUT2D eigenvalue weighted by atomic mass is 16.5. The van der Waals surface area contributed by atoms with E-state index in [1.807, 2.05) is 24.3 Å². The van der Waals surface area contributed by atoms with Crippen molar-refractivity contribution in [2.24, 2.45) is 5.73 Å². The Balaban J connectivity index is 1.67. The number of para-hydroxylation sites is 1. The summed E-state index contributed by atoms with van der Waals surface area (Å²) in [6.45, 7) is 2.57. The summed E-state index contributed by atoms with van der Waals surface area (Å²) < 4.78 is 23.1. The average Bonchev–Trinajstić information content (AvgIpc) is 2.94. The summed E-state index contributed by atoms with van der Waals surface area (Å²) in [6.07, 6.45) is 3.75. The summed E-state index contributed by atoms with van der Waals surface area (Å²) in [5.74, 6) is 0.000352. The largest absolute Gasteiger partial charge is 0.502 e. The number of methoxy groups -OCH3 is 2. The van der Waals surface area contributed by atoms with Crippen molar-refractivity contribution in [2.75, 3.05) is 33.9 Å². The van der Waals surface area contributed by atoms with Crippen molar-refractivity contribution in [3.63, 3.8) is 0 Å². The number of primary amides is 1. The Morgan fingerprint density at radius 3 is 2.49 bits per heavy atom. The fourth-order valence-electron chi connectivity index (χ4n) is 4.94. The van der Waals surface area contributed by atoms with Crippen molar-refractivity contribution in [3.8, 4) is 23.0 Å². The van der Waals surface area contributed by atoms with Gasteiger partial charge in [-0.2, -0.15) is 0 Å². The Bertz CT molecular complexity index is 1310. The molecule has 39 heavy (non-hydrogen) atoms. The molecule has 208 valence electrons. The normalized spacial score (nSPS) is 14.5. The number of carbonyl (C=O) groups excluding carboxylic acids is 1. The van der Waals surface area contributed by atoms with Gasteiger partial charge >= 0.3 is 0 Å². The van der Waals surface area contributed by atoms with Gasteiger partial charge in [-0.05, 0) is 49.7 Å². The van der Waals surface area contributed by atoms with Crippen LogP contribution in [0.3, 0.4) is 0 Å². The molecule has 2 heterocycles. The molecule has 1 saturated heterocycles. The van der Waals surface area contributed by atoms with Gasteiger partial charge in [-0.25, -0.2) is 0 Å². The Morgan fingerprint density at radius 1 is 1.08 bits per heavy atom. The van der Waals surface area contributed by atoms with Crippen molar-refractivity contribution in [1.29, 1.82) is 0 Å². The third-order valence-corrected chi connectivity index (χ3v) is 6.95. The first-order valence-corrected chi connectivity index (χ1v) is 13.2. The highest BCUT2D eigenvalue weighted by Crippen LogP contribution is 2.42. The van der Waals surface area contributed by atoms with Gasteiger partial charge in [0.15, 0.2) is 17.3 Å². The van der Waals surface area contributed by atoms with Crippen LogP contribution >= 0.6 is 0 Å². The van der Waals surface area contributed by atoms with E-state index in [0.717, 1.165) is 37.2 Å². The lowest BCUT2D eigenvalue weighted by Crippen LogP contribution is -2.29. The molecule has 0 unspecified atom stereocenters. The van der Waals surface area contributed by atoms with Gasteiger partial charge in [0.05, 0.1) is 33.3 Å². The molecule has 4 rings (SSSR count). The second kappa shape index (κ2) is 13.2. The lowest BCUT2D eigenvalue weighted by atomic mass is 9.90. The number of likely N-dealkylation sites (tertiary alicyclic amines) is 1. The lowest BCUT2D eigenvalue weighted by molar-refractivity contribution is -0.118. The molecule has 1 atom stereocenters. The van der Waals surface area contributed by atoms with Gasteiger partial charge < -0.3 is 29.5 Å². The first-order valence-electron chi connectivity index (χ1n) is 13.2. The van der Waals surface area contributed by atoms with Gasteiger partial charge in [0.1, 0.15) is 11.5 Å². The van der Waals surface area contributed by atoms with Crippen molar-refractivity contribution >= 4 is 5.91 Å². The fraction of sp³-hybridized carbons (Fsp3) is 0.400. The standard InChI is InChI=1S/C30H36N2O7/c1-36-21-11-9-20(10-12-21)13-16-38-29-23(7-6-8-26(29)37-2)24(18-27(31)34)30-28(35)25(33)17-22(39-30)19-32-14-4-3-5-15-32/h6-12,17,24,35H,3-5,13-16,18-19H2,1-2H3,(H2,31,34)/t24-/m1/s1. The van der Waals surface area contributed by atoms with Gasteiger partial charge in [0.25, 0.3) is 0 Å². The van der Waals surface area contributed by atoms with E-state index >= 15 is 0 Å². The number of aromatic hydroxyl groups is 1. The topological polar surface area (TPSA) is 124 Å². The van der Waals surface area contributed by atoms with Crippen LogP contribution in [-0.2, 0) is 17.8 Å². The molecular weight excluding hydrogens is 500 g/mol. The highest BCUT2D eigenvalue weighted by Gasteiger charge is 2.29. The van der Waals surface area contributed by atoms with Gasteiger partial charge in [-0.15, -0.1) is 0 Å². The van der Waals surface area contributed by atoms with E-state index in [1.54, 1.807) is 25.3 Å². The molecule has 1 aromatic heterocycles.